The lowest BCUT2D eigenvalue weighted by atomic mass is 9.84. The van der Waals surface area contributed by atoms with Gasteiger partial charge in [0.25, 0.3) is 0 Å². The molecule has 2 heteroatoms. The Labute approximate surface area is 97.1 Å². The van der Waals surface area contributed by atoms with Gasteiger partial charge in [0, 0.05) is 5.02 Å². The van der Waals surface area contributed by atoms with Crippen LogP contribution in [-0.2, 0) is 12.0 Å². The Morgan fingerprint density at radius 2 is 2.00 bits per heavy atom. The average Bonchev–Trinajstić information content (AvgIpc) is 2.18. The van der Waals surface area contributed by atoms with Crippen molar-refractivity contribution in [3.63, 3.8) is 0 Å². The van der Waals surface area contributed by atoms with Gasteiger partial charge in [-0.1, -0.05) is 44.5 Å². The van der Waals surface area contributed by atoms with Crippen LogP contribution in [0, 0.1) is 5.92 Å². The van der Waals surface area contributed by atoms with Crippen LogP contribution in [0.5, 0.6) is 0 Å². The number of benzene rings is 1. The minimum Gasteiger partial charge on any atom is -0.385 e. The summed E-state index contributed by atoms with van der Waals surface area (Å²) in [6, 6.07) is 5.77. The minimum atomic E-state index is -0.783. The topological polar surface area (TPSA) is 20.2 Å². The first-order valence-electron chi connectivity index (χ1n) is 5.40. The molecule has 1 aromatic carbocycles. The van der Waals surface area contributed by atoms with Crippen molar-refractivity contribution < 1.29 is 5.11 Å². The first kappa shape index (κ1) is 12.5. The molecule has 1 unspecified atom stereocenters. The van der Waals surface area contributed by atoms with Crippen LogP contribution in [0.3, 0.4) is 0 Å². The standard InChI is InChI=1S/C13H19ClO/c1-5-10-8-11(6-7-12(10)14)13(4,15)9(2)3/h6-9,15H,5H2,1-4H3. The van der Waals surface area contributed by atoms with Crippen LogP contribution in [0.2, 0.25) is 5.02 Å². The van der Waals surface area contributed by atoms with E-state index in [1.165, 1.54) is 0 Å². The molecule has 1 nitrogen and oxygen atoms in total. The summed E-state index contributed by atoms with van der Waals surface area (Å²) >= 11 is 6.04. The van der Waals surface area contributed by atoms with Gasteiger partial charge in [-0.2, -0.15) is 0 Å². The third-order valence-electron chi connectivity index (χ3n) is 3.14. The van der Waals surface area contributed by atoms with Crippen LogP contribution in [0.25, 0.3) is 0 Å². The zero-order chi connectivity index (χ0) is 11.6. The summed E-state index contributed by atoms with van der Waals surface area (Å²) in [4.78, 5) is 0. The van der Waals surface area contributed by atoms with Crippen molar-refractivity contribution in [1.29, 1.82) is 0 Å². The Morgan fingerprint density at radius 3 is 2.47 bits per heavy atom. The number of hydrogen-bond donors (Lipinski definition) is 1. The van der Waals surface area contributed by atoms with Gasteiger partial charge in [0.15, 0.2) is 0 Å². The molecule has 0 radical (unpaired) electrons. The van der Waals surface area contributed by atoms with E-state index in [4.69, 9.17) is 11.6 Å². The molecule has 1 rings (SSSR count). The van der Waals surface area contributed by atoms with E-state index in [0.717, 1.165) is 22.6 Å². The third kappa shape index (κ3) is 2.53. The number of halogens is 1. The maximum absolute atomic E-state index is 10.3. The molecule has 1 atom stereocenters. The molecule has 0 heterocycles. The highest BCUT2D eigenvalue weighted by molar-refractivity contribution is 6.31. The lowest BCUT2D eigenvalue weighted by molar-refractivity contribution is 0.00899. The molecule has 1 N–H and O–H groups in total. The van der Waals surface area contributed by atoms with Crippen molar-refractivity contribution in [3.05, 3.63) is 34.3 Å². The fourth-order valence-corrected chi connectivity index (χ4v) is 1.75. The molecule has 84 valence electrons. The molecule has 0 saturated carbocycles. The van der Waals surface area contributed by atoms with Crippen molar-refractivity contribution in [2.45, 2.75) is 39.7 Å². The minimum absolute atomic E-state index is 0.184. The highest BCUT2D eigenvalue weighted by atomic mass is 35.5. The van der Waals surface area contributed by atoms with Gasteiger partial charge in [0.2, 0.25) is 0 Å². The molecule has 0 saturated heterocycles. The molecule has 0 spiro atoms. The van der Waals surface area contributed by atoms with E-state index in [1.807, 2.05) is 39.0 Å². The second-order valence-electron chi connectivity index (χ2n) is 4.46. The van der Waals surface area contributed by atoms with Crippen molar-refractivity contribution in [2.75, 3.05) is 0 Å². The summed E-state index contributed by atoms with van der Waals surface area (Å²) in [6.07, 6.45) is 0.890. The molecule has 0 fully saturated rings. The predicted octanol–water partition coefficient (Wildman–Crippen LogP) is 3.77. The van der Waals surface area contributed by atoms with Crippen LogP contribution >= 0.6 is 11.6 Å². The van der Waals surface area contributed by atoms with Gasteiger partial charge in [0.05, 0.1) is 5.60 Å². The van der Waals surface area contributed by atoms with E-state index < -0.39 is 5.60 Å². The Balaban J connectivity index is 3.16. The fraction of sp³-hybridized carbons (Fsp3) is 0.538. The van der Waals surface area contributed by atoms with Gasteiger partial charge >= 0.3 is 0 Å². The van der Waals surface area contributed by atoms with Crippen molar-refractivity contribution in [1.82, 2.24) is 0 Å². The van der Waals surface area contributed by atoms with Crippen LogP contribution in [-0.4, -0.2) is 5.11 Å². The zero-order valence-electron chi connectivity index (χ0n) is 9.84. The first-order chi connectivity index (χ1) is 6.89. The lowest BCUT2D eigenvalue weighted by Crippen LogP contribution is -2.28. The van der Waals surface area contributed by atoms with Crippen LogP contribution in [0.15, 0.2) is 18.2 Å². The van der Waals surface area contributed by atoms with Gasteiger partial charge in [-0.05, 0) is 36.5 Å². The smallest absolute Gasteiger partial charge is 0.0891 e. The molecule has 0 aliphatic rings. The summed E-state index contributed by atoms with van der Waals surface area (Å²) in [5.74, 6) is 0.184. The summed E-state index contributed by atoms with van der Waals surface area (Å²) in [6.45, 7) is 7.94. The second-order valence-corrected chi connectivity index (χ2v) is 4.87. The monoisotopic (exact) mass is 226 g/mol. The van der Waals surface area contributed by atoms with Crippen molar-refractivity contribution >= 4 is 11.6 Å². The lowest BCUT2D eigenvalue weighted by Gasteiger charge is -2.28. The van der Waals surface area contributed by atoms with Gasteiger partial charge in [-0.25, -0.2) is 0 Å². The molecule has 15 heavy (non-hydrogen) atoms. The highest BCUT2D eigenvalue weighted by Crippen LogP contribution is 2.31. The van der Waals surface area contributed by atoms with E-state index in [0.29, 0.717) is 0 Å². The summed E-state index contributed by atoms with van der Waals surface area (Å²) < 4.78 is 0. The SMILES string of the molecule is CCc1cc(C(C)(O)C(C)C)ccc1Cl. The quantitative estimate of drug-likeness (QED) is 0.832. The average molecular weight is 227 g/mol. The summed E-state index contributed by atoms with van der Waals surface area (Å²) in [5, 5.41) is 11.1. The van der Waals surface area contributed by atoms with Gasteiger partial charge in [-0.3, -0.25) is 0 Å². The Hall–Kier alpha value is -0.530. The molecule has 0 amide bonds. The normalized spacial score (nSPS) is 15.4. The van der Waals surface area contributed by atoms with Crippen molar-refractivity contribution in [2.24, 2.45) is 5.92 Å². The van der Waals surface area contributed by atoms with Crippen LogP contribution in [0.1, 0.15) is 38.8 Å². The maximum Gasteiger partial charge on any atom is 0.0891 e. The van der Waals surface area contributed by atoms with Crippen LogP contribution < -0.4 is 0 Å². The number of rotatable bonds is 3. The molecular formula is C13H19ClO. The zero-order valence-corrected chi connectivity index (χ0v) is 10.6. The van der Waals surface area contributed by atoms with E-state index >= 15 is 0 Å². The molecular weight excluding hydrogens is 208 g/mol. The third-order valence-corrected chi connectivity index (χ3v) is 3.50. The second kappa shape index (κ2) is 4.54. The number of aryl methyl sites for hydroxylation is 1. The van der Waals surface area contributed by atoms with E-state index in [2.05, 4.69) is 6.92 Å². The van der Waals surface area contributed by atoms with Gasteiger partial charge < -0.3 is 5.11 Å². The number of aliphatic hydroxyl groups is 1. The largest absolute Gasteiger partial charge is 0.385 e. The van der Waals surface area contributed by atoms with Gasteiger partial charge in [0.1, 0.15) is 0 Å². The highest BCUT2D eigenvalue weighted by Gasteiger charge is 2.27. The first-order valence-corrected chi connectivity index (χ1v) is 5.78. The van der Waals surface area contributed by atoms with E-state index in [1.54, 1.807) is 0 Å². The molecule has 0 aliphatic heterocycles. The van der Waals surface area contributed by atoms with Gasteiger partial charge in [-0.15, -0.1) is 0 Å². The Morgan fingerprint density at radius 1 is 1.40 bits per heavy atom. The summed E-state index contributed by atoms with van der Waals surface area (Å²) in [5.41, 5.74) is 1.25. The molecule has 0 bridgehead atoms. The predicted molar refractivity (Wildman–Crippen MR) is 65.2 cm³/mol. The maximum atomic E-state index is 10.3. The fourth-order valence-electron chi connectivity index (χ4n) is 1.49. The van der Waals surface area contributed by atoms with Crippen LogP contribution in [0.4, 0.5) is 0 Å². The number of hydrogen-bond acceptors (Lipinski definition) is 1. The Bertz CT molecular complexity index is 342. The molecule has 1 aromatic rings. The molecule has 0 aliphatic carbocycles. The Kier molecular flexibility index (Phi) is 3.80. The molecule has 0 aromatic heterocycles. The van der Waals surface area contributed by atoms with Crippen molar-refractivity contribution in [3.8, 4) is 0 Å². The summed E-state index contributed by atoms with van der Waals surface area (Å²) in [7, 11) is 0. The van der Waals surface area contributed by atoms with E-state index in [9.17, 15) is 5.11 Å². The van der Waals surface area contributed by atoms with E-state index in [-0.39, 0.29) is 5.92 Å².